The second-order valence-electron chi connectivity index (χ2n) is 15.5. The van der Waals surface area contributed by atoms with E-state index in [4.69, 9.17) is 11.5 Å². The third-order valence-corrected chi connectivity index (χ3v) is 10.5. The molecular formula is C38H64N10O14S. The first-order valence-corrected chi connectivity index (χ1v) is 21.9. The summed E-state index contributed by atoms with van der Waals surface area (Å²) in [4.78, 5) is 146. The molecule has 15 N–H and O–H groups in total. The molecule has 1 saturated heterocycles. The fourth-order valence-electron chi connectivity index (χ4n) is 6.19. The van der Waals surface area contributed by atoms with Crippen LogP contribution in [-0.2, 0) is 52.7 Å². The van der Waals surface area contributed by atoms with Gasteiger partial charge in [-0.2, -0.15) is 11.8 Å². The molecule has 0 radical (unpaired) electrons. The smallest absolute Gasteiger partial charge is 0.305 e. The third kappa shape index (κ3) is 20.0. The van der Waals surface area contributed by atoms with Crippen molar-refractivity contribution in [3.8, 4) is 0 Å². The Kier molecular flexibility index (Phi) is 24.8. The van der Waals surface area contributed by atoms with Gasteiger partial charge in [-0.05, 0) is 62.5 Å². The van der Waals surface area contributed by atoms with Crippen molar-refractivity contribution in [1.29, 1.82) is 0 Å². The number of thioether (sulfide) groups is 1. The largest absolute Gasteiger partial charge is 0.481 e. The lowest BCUT2D eigenvalue weighted by Crippen LogP contribution is -2.62. The minimum atomic E-state index is -1.92. The number of hydrogen-bond acceptors (Lipinski definition) is 14. The fourth-order valence-corrected chi connectivity index (χ4v) is 6.66. The van der Waals surface area contributed by atoms with Gasteiger partial charge in [0.25, 0.3) is 0 Å². The number of carbonyl (C=O) groups excluding carboxylic acids is 9. The van der Waals surface area contributed by atoms with Crippen molar-refractivity contribution in [2.24, 2.45) is 23.3 Å². The molecule has 0 unspecified atom stereocenters. The molecular weight excluding hydrogens is 853 g/mol. The molecule has 9 atom stereocenters. The van der Waals surface area contributed by atoms with Crippen LogP contribution in [0.15, 0.2) is 0 Å². The van der Waals surface area contributed by atoms with E-state index in [0.29, 0.717) is 12.8 Å². The van der Waals surface area contributed by atoms with Crippen molar-refractivity contribution in [3.63, 3.8) is 0 Å². The maximum Gasteiger partial charge on any atom is 0.305 e. The highest BCUT2D eigenvalue weighted by Gasteiger charge is 2.38. The third-order valence-electron chi connectivity index (χ3n) is 9.83. The van der Waals surface area contributed by atoms with E-state index in [-0.39, 0.29) is 43.9 Å². The minimum absolute atomic E-state index is 0.0104. The van der Waals surface area contributed by atoms with Gasteiger partial charge < -0.3 is 69.3 Å². The van der Waals surface area contributed by atoms with E-state index in [1.54, 1.807) is 34.0 Å². The average molecular weight is 917 g/mol. The highest BCUT2D eigenvalue weighted by molar-refractivity contribution is 7.98. The van der Waals surface area contributed by atoms with Crippen LogP contribution in [0.2, 0.25) is 0 Å². The van der Waals surface area contributed by atoms with Gasteiger partial charge in [-0.15, -0.1) is 0 Å². The Morgan fingerprint density at radius 3 is 1.43 bits per heavy atom. The van der Waals surface area contributed by atoms with Gasteiger partial charge in [0.15, 0.2) is 0 Å². The summed E-state index contributed by atoms with van der Waals surface area (Å²) in [5, 5.41) is 48.2. The molecule has 1 aliphatic heterocycles. The van der Waals surface area contributed by atoms with Gasteiger partial charge in [-0.1, -0.05) is 34.1 Å². The summed E-state index contributed by atoms with van der Waals surface area (Å²) < 4.78 is 0. The minimum Gasteiger partial charge on any atom is -0.481 e. The first-order valence-electron chi connectivity index (χ1n) is 20.5. The van der Waals surface area contributed by atoms with Crippen LogP contribution >= 0.6 is 11.8 Å². The van der Waals surface area contributed by atoms with Crippen LogP contribution in [0, 0.1) is 11.8 Å². The summed E-state index contributed by atoms with van der Waals surface area (Å²) in [7, 11) is 0. The predicted octanol–water partition coefficient (Wildman–Crippen LogP) is -4.33. The molecule has 0 saturated carbocycles. The van der Waals surface area contributed by atoms with Gasteiger partial charge in [-0.25, -0.2) is 0 Å². The molecule has 24 nitrogen and oxygen atoms in total. The molecule has 0 aromatic carbocycles. The molecule has 356 valence electrons. The van der Waals surface area contributed by atoms with Gasteiger partial charge >= 0.3 is 11.9 Å². The number of nitrogens with one attached hydrogen (secondary N) is 8. The Hall–Kier alpha value is -5.56. The number of primary amides is 1. The highest BCUT2D eigenvalue weighted by atomic mass is 32.2. The fraction of sp³-hybridized carbons (Fsp3) is 0.711. The van der Waals surface area contributed by atoms with E-state index in [0.717, 1.165) is 0 Å². The van der Waals surface area contributed by atoms with E-state index in [1.165, 1.54) is 11.8 Å². The number of unbranched alkanes of at least 4 members (excludes halogenated alkanes) is 1. The van der Waals surface area contributed by atoms with Gasteiger partial charge in [-0.3, -0.25) is 52.7 Å². The van der Waals surface area contributed by atoms with Crippen molar-refractivity contribution < 1.29 is 68.1 Å². The predicted molar refractivity (Wildman–Crippen MR) is 226 cm³/mol. The molecule has 0 bridgehead atoms. The number of amides is 9. The maximum atomic E-state index is 14.0. The SMILES string of the molecule is CC[C@H](C)[C@@H]1NC(=O)[C@H](CCCCN)NC(=O)[C@H](CC(C)C)NC(=O)[C@H](CO)NC(=O)[C@H](CC(=O)O)NC(=O)[C@H](CCSC)NC(=O)[C@H](CC(N)=O)NC(=O)[C@H](CC(=O)O)NC1=O. The summed E-state index contributed by atoms with van der Waals surface area (Å²) >= 11 is 1.22. The van der Waals surface area contributed by atoms with Crippen molar-refractivity contribution in [3.05, 3.63) is 0 Å². The van der Waals surface area contributed by atoms with Gasteiger partial charge in [0.2, 0.25) is 53.2 Å². The molecule has 0 spiro atoms. The molecule has 25 heteroatoms. The highest BCUT2D eigenvalue weighted by Crippen LogP contribution is 2.13. The molecule has 9 amide bonds. The molecule has 1 rings (SSSR count). The zero-order valence-corrected chi connectivity index (χ0v) is 37.0. The van der Waals surface area contributed by atoms with Crippen LogP contribution in [0.25, 0.3) is 0 Å². The van der Waals surface area contributed by atoms with Crippen LogP contribution in [-0.4, -0.2) is 154 Å². The summed E-state index contributed by atoms with van der Waals surface area (Å²) in [6.45, 7) is 5.88. The number of nitrogens with two attached hydrogens (primary N) is 2. The van der Waals surface area contributed by atoms with Gasteiger partial charge in [0.05, 0.1) is 25.9 Å². The number of aliphatic carboxylic acids is 2. The molecule has 0 aromatic heterocycles. The van der Waals surface area contributed by atoms with Crippen molar-refractivity contribution in [1.82, 2.24) is 42.5 Å². The lowest BCUT2D eigenvalue weighted by Gasteiger charge is -2.30. The quantitative estimate of drug-likeness (QED) is 0.0578. The average Bonchev–Trinajstić information content (AvgIpc) is 3.20. The normalized spacial score (nSPS) is 25.7. The summed E-state index contributed by atoms with van der Waals surface area (Å²) in [5.41, 5.74) is 11.0. The van der Waals surface area contributed by atoms with Gasteiger partial charge in [0, 0.05) is 0 Å². The Labute approximate surface area is 369 Å². The summed E-state index contributed by atoms with van der Waals surface area (Å²) in [6, 6.07) is -13.2. The zero-order chi connectivity index (χ0) is 48.0. The van der Waals surface area contributed by atoms with Crippen LogP contribution in [0.1, 0.15) is 85.5 Å². The molecule has 0 aromatic rings. The topological polar surface area (TPSA) is 397 Å². The summed E-state index contributed by atoms with van der Waals surface area (Å²) in [5.74, 6) is -13.7. The van der Waals surface area contributed by atoms with Gasteiger partial charge in [0.1, 0.15) is 48.3 Å². The van der Waals surface area contributed by atoms with Crippen molar-refractivity contribution >= 4 is 76.9 Å². The van der Waals surface area contributed by atoms with E-state index >= 15 is 0 Å². The molecule has 63 heavy (non-hydrogen) atoms. The second-order valence-corrected chi connectivity index (χ2v) is 16.5. The van der Waals surface area contributed by atoms with Crippen LogP contribution in [0.5, 0.6) is 0 Å². The Balaban J connectivity index is 4.00. The lowest BCUT2D eigenvalue weighted by atomic mass is 9.96. The molecule has 0 aliphatic carbocycles. The number of rotatable bonds is 18. The van der Waals surface area contributed by atoms with E-state index in [1.807, 2.05) is 0 Å². The number of hydrogen-bond donors (Lipinski definition) is 13. The first kappa shape index (κ1) is 55.5. The Morgan fingerprint density at radius 2 is 0.984 bits per heavy atom. The lowest BCUT2D eigenvalue weighted by molar-refractivity contribution is -0.143. The standard InChI is InChI=1S/C38H64N10O14S/c1-6-19(4)30-38(62)46-25(16-29(53)54)35(59)44-23(14-27(40)50)34(58)42-21(10-12-63-5)31(55)45-24(15-28(51)52)36(60)47-26(17-49)37(61)43-22(13-18(2)3)33(57)41-20(32(56)48-30)9-7-8-11-39/h18-26,30,49H,6-17,39H2,1-5H3,(H2,40,50)(H,41,57)(H,42,58)(H,43,61)(H,44,59)(H,45,55)(H,46,62)(H,47,60)(H,48,56)(H,51,52)(H,53,54)/t19-,20-,21-,22-,23-,24-,25-,26-,30-/m0/s1. The van der Waals surface area contributed by atoms with Crippen molar-refractivity contribution in [2.75, 3.05) is 25.2 Å². The van der Waals surface area contributed by atoms with Crippen LogP contribution in [0.3, 0.4) is 0 Å². The second kappa shape index (κ2) is 28.2. The zero-order valence-electron chi connectivity index (χ0n) is 36.2. The number of aliphatic hydroxyl groups excluding tert-OH is 1. The monoisotopic (exact) mass is 916 g/mol. The molecule has 1 fully saturated rings. The number of carboxylic acids is 2. The number of carboxylic acid groups (broad SMARTS) is 2. The number of carbonyl (C=O) groups is 11. The Bertz CT molecular complexity index is 1650. The van der Waals surface area contributed by atoms with Crippen molar-refractivity contribution in [2.45, 2.75) is 134 Å². The summed E-state index contributed by atoms with van der Waals surface area (Å²) in [6.07, 6.45) is -0.534. The maximum absolute atomic E-state index is 14.0. The van der Waals surface area contributed by atoms with E-state index in [2.05, 4.69) is 42.5 Å². The molecule has 1 aliphatic rings. The van der Waals surface area contributed by atoms with Crippen LogP contribution in [0.4, 0.5) is 0 Å². The first-order chi connectivity index (χ1) is 29.6. The van der Waals surface area contributed by atoms with Crippen LogP contribution < -0.4 is 54.0 Å². The number of aliphatic hydroxyl groups is 1. The Morgan fingerprint density at radius 1 is 0.587 bits per heavy atom. The van der Waals surface area contributed by atoms with E-state index < -0.39 is 145 Å². The molecule has 1 heterocycles. The van der Waals surface area contributed by atoms with E-state index in [9.17, 15) is 68.1 Å².